The summed E-state index contributed by atoms with van der Waals surface area (Å²) in [5.41, 5.74) is 2.56. The maximum atomic E-state index is 11.1. The molecule has 1 aliphatic rings. The summed E-state index contributed by atoms with van der Waals surface area (Å²) in [6.07, 6.45) is 0. The van der Waals surface area contributed by atoms with Crippen LogP contribution in [-0.4, -0.2) is 53.6 Å². The number of hydrazine groups is 1. The van der Waals surface area contributed by atoms with Crippen molar-refractivity contribution in [1.29, 1.82) is 0 Å². The zero-order valence-electron chi connectivity index (χ0n) is 11.2. The van der Waals surface area contributed by atoms with Crippen molar-refractivity contribution in [3.63, 3.8) is 0 Å². The van der Waals surface area contributed by atoms with Gasteiger partial charge in [-0.05, 0) is 6.92 Å². The molecule has 0 aromatic rings. The zero-order valence-corrected chi connectivity index (χ0v) is 12.8. The number of thioether (sulfide) groups is 1. The Bertz CT molecular complexity index is 375. The van der Waals surface area contributed by atoms with E-state index < -0.39 is 5.62 Å². The van der Waals surface area contributed by atoms with E-state index in [1.165, 1.54) is 11.8 Å². The normalized spacial score (nSPS) is 18.7. The summed E-state index contributed by atoms with van der Waals surface area (Å²) in [4.78, 5) is 19.5. The van der Waals surface area contributed by atoms with Crippen LogP contribution >= 0.6 is 23.4 Å². The van der Waals surface area contributed by atoms with Gasteiger partial charge in [0.2, 0.25) is 11.6 Å². The lowest BCUT2D eigenvalue weighted by Crippen LogP contribution is -2.54. The van der Waals surface area contributed by atoms with Crippen LogP contribution in [0.5, 0.6) is 0 Å². The molecule has 7 nitrogen and oxygen atoms in total. The van der Waals surface area contributed by atoms with Gasteiger partial charge < -0.3 is 10.6 Å². The molecule has 1 amide bonds. The van der Waals surface area contributed by atoms with E-state index in [9.17, 15) is 4.79 Å². The van der Waals surface area contributed by atoms with Crippen molar-refractivity contribution in [1.82, 2.24) is 21.1 Å². The van der Waals surface area contributed by atoms with Gasteiger partial charge in [-0.3, -0.25) is 4.79 Å². The molecule has 0 radical (unpaired) electrons. The Labute approximate surface area is 122 Å². The number of aliphatic imine (C=N–C) groups is 2. The molecule has 1 heterocycles. The van der Waals surface area contributed by atoms with E-state index in [4.69, 9.17) is 11.6 Å². The number of hydrogen-bond acceptors (Lipinski definition) is 7. The highest BCUT2D eigenvalue weighted by Gasteiger charge is 2.22. The van der Waals surface area contributed by atoms with Gasteiger partial charge in [-0.25, -0.2) is 15.4 Å². The van der Waals surface area contributed by atoms with Gasteiger partial charge in [0.05, 0.1) is 0 Å². The second-order valence-corrected chi connectivity index (χ2v) is 5.07. The van der Waals surface area contributed by atoms with Crippen molar-refractivity contribution in [3.05, 3.63) is 0 Å². The van der Waals surface area contributed by atoms with Crippen LogP contribution in [0.2, 0.25) is 0 Å². The summed E-state index contributed by atoms with van der Waals surface area (Å²) in [7, 11) is 1.61. The fourth-order valence-electron chi connectivity index (χ4n) is 1.37. The first-order valence-electron chi connectivity index (χ1n) is 5.96. The fourth-order valence-corrected chi connectivity index (χ4v) is 2.21. The Morgan fingerprint density at radius 2 is 2.32 bits per heavy atom. The highest BCUT2D eigenvalue weighted by molar-refractivity contribution is 8.13. The van der Waals surface area contributed by atoms with E-state index in [2.05, 4.69) is 26.0 Å². The third-order valence-corrected chi connectivity index (χ3v) is 3.32. The van der Waals surface area contributed by atoms with E-state index in [1.54, 1.807) is 19.0 Å². The molecule has 0 bridgehead atoms. The molecule has 0 saturated heterocycles. The van der Waals surface area contributed by atoms with Crippen molar-refractivity contribution >= 4 is 40.4 Å². The minimum absolute atomic E-state index is 0.0520. The number of carbonyl (C=O) groups excluding carboxylic acids is 1. The first-order chi connectivity index (χ1) is 9.08. The molecule has 19 heavy (non-hydrogen) atoms. The Hall–Kier alpha value is -0.990. The standard InChI is InChI=1S/C10H19ClN6OS/c1-4-14-17-8(11)15-7(2)16-9(17)13-5-6-19-10(18)12-3/h8,14H,4-6H2,1-3H3,(H,12,18)(H,13,15,16). The molecule has 1 aliphatic heterocycles. The van der Waals surface area contributed by atoms with Gasteiger partial charge in [0.15, 0.2) is 0 Å². The van der Waals surface area contributed by atoms with Crippen LogP contribution in [0.3, 0.4) is 0 Å². The Kier molecular flexibility index (Phi) is 6.96. The van der Waals surface area contributed by atoms with E-state index in [-0.39, 0.29) is 5.24 Å². The summed E-state index contributed by atoms with van der Waals surface area (Å²) in [6, 6.07) is 0. The number of carbonyl (C=O) groups is 1. The highest BCUT2D eigenvalue weighted by Crippen LogP contribution is 2.10. The second-order valence-electron chi connectivity index (χ2n) is 3.62. The van der Waals surface area contributed by atoms with Crippen molar-refractivity contribution in [2.45, 2.75) is 19.5 Å². The van der Waals surface area contributed by atoms with Gasteiger partial charge in [-0.1, -0.05) is 30.3 Å². The molecular formula is C10H19ClN6OS. The lowest BCUT2D eigenvalue weighted by Gasteiger charge is -2.31. The number of rotatable bonds is 5. The van der Waals surface area contributed by atoms with Gasteiger partial charge in [-0.15, -0.1) is 0 Å². The van der Waals surface area contributed by atoms with Crippen molar-refractivity contribution in [2.75, 3.05) is 25.9 Å². The maximum Gasteiger partial charge on any atom is 0.278 e. The third kappa shape index (κ3) is 5.25. The smallest absolute Gasteiger partial charge is 0.278 e. The Morgan fingerprint density at radius 1 is 1.58 bits per heavy atom. The summed E-state index contributed by atoms with van der Waals surface area (Å²) in [5, 5.41) is 7.31. The zero-order chi connectivity index (χ0) is 14.3. The molecule has 0 aromatic carbocycles. The molecular weight excluding hydrogens is 288 g/mol. The van der Waals surface area contributed by atoms with Crippen molar-refractivity contribution < 1.29 is 4.79 Å². The molecule has 0 aromatic heterocycles. The van der Waals surface area contributed by atoms with Gasteiger partial charge >= 0.3 is 0 Å². The minimum atomic E-state index is -0.522. The molecule has 1 atom stereocenters. The quantitative estimate of drug-likeness (QED) is 0.397. The first kappa shape index (κ1) is 16.1. The molecule has 0 saturated carbocycles. The van der Waals surface area contributed by atoms with Crippen LogP contribution in [0.15, 0.2) is 9.98 Å². The summed E-state index contributed by atoms with van der Waals surface area (Å²) in [6.45, 7) is 5.08. The van der Waals surface area contributed by atoms with Crippen LogP contribution in [-0.2, 0) is 0 Å². The van der Waals surface area contributed by atoms with Crippen LogP contribution in [0, 0.1) is 0 Å². The van der Waals surface area contributed by atoms with Gasteiger partial charge in [0.1, 0.15) is 5.84 Å². The van der Waals surface area contributed by atoms with Crippen LogP contribution in [0.1, 0.15) is 13.8 Å². The number of nitrogens with zero attached hydrogens (tertiary/aromatic N) is 3. The lowest BCUT2D eigenvalue weighted by molar-refractivity contribution is 0.262. The van der Waals surface area contributed by atoms with Crippen LogP contribution in [0.4, 0.5) is 4.79 Å². The number of nitrogens with one attached hydrogen (secondary N) is 3. The predicted octanol–water partition coefficient (Wildman–Crippen LogP) is 0.786. The number of guanidine groups is 1. The molecule has 0 spiro atoms. The van der Waals surface area contributed by atoms with Gasteiger partial charge in [-0.2, -0.15) is 4.99 Å². The number of amides is 1. The van der Waals surface area contributed by atoms with Crippen LogP contribution in [0.25, 0.3) is 0 Å². The Balaban J connectivity index is 2.48. The van der Waals surface area contributed by atoms with Crippen molar-refractivity contribution in [2.24, 2.45) is 9.98 Å². The largest absolute Gasteiger partial charge is 0.354 e. The summed E-state index contributed by atoms with van der Waals surface area (Å²) >= 11 is 7.33. The van der Waals surface area contributed by atoms with E-state index >= 15 is 0 Å². The van der Waals surface area contributed by atoms with Gasteiger partial charge in [0.25, 0.3) is 5.24 Å². The molecule has 1 rings (SSSR count). The summed E-state index contributed by atoms with van der Waals surface area (Å²) < 4.78 is 0. The molecule has 0 aliphatic carbocycles. The van der Waals surface area contributed by atoms with Crippen molar-refractivity contribution in [3.8, 4) is 0 Å². The van der Waals surface area contributed by atoms with Gasteiger partial charge in [0, 0.05) is 25.9 Å². The fraction of sp³-hybridized carbons (Fsp3) is 0.700. The second kappa shape index (κ2) is 8.23. The number of amidine groups is 1. The first-order valence-corrected chi connectivity index (χ1v) is 7.39. The number of alkyl halides is 1. The third-order valence-electron chi connectivity index (χ3n) is 2.15. The number of hydrogen-bond donors (Lipinski definition) is 3. The average molecular weight is 307 g/mol. The van der Waals surface area contributed by atoms with E-state index in [0.29, 0.717) is 30.6 Å². The highest BCUT2D eigenvalue weighted by atomic mass is 35.5. The van der Waals surface area contributed by atoms with Crippen LogP contribution < -0.4 is 16.1 Å². The molecule has 1 unspecified atom stereocenters. The topological polar surface area (TPSA) is 81.1 Å². The van der Waals surface area contributed by atoms with E-state index in [0.717, 1.165) is 0 Å². The molecule has 0 fully saturated rings. The molecule has 108 valence electrons. The molecule has 9 heteroatoms. The lowest BCUT2D eigenvalue weighted by atomic mass is 10.6. The maximum absolute atomic E-state index is 11.1. The SMILES string of the molecule is CCNN1C(NCCSC(=O)NC)=NC(C)=NC1Cl. The van der Waals surface area contributed by atoms with E-state index in [1.807, 2.05) is 6.92 Å². The molecule has 3 N–H and O–H groups in total. The predicted molar refractivity (Wildman–Crippen MR) is 80.6 cm³/mol. The number of halogens is 1. The summed E-state index contributed by atoms with van der Waals surface area (Å²) in [5.74, 6) is 1.88. The average Bonchev–Trinajstić information content (AvgIpc) is 2.38. The Morgan fingerprint density at radius 3 is 2.95 bits per heavy atom. The monoisotopic (exact) mass is 306 g/mol. The minimum Gasteiger partial charge on any atom is -0.354 e.